The number of aliphatic hydroxyl groups excluding tert-OH is 2. The van der Waals surface area contributed by atoms with E-state index in [0.29, 0.717) is 19.7 Å². The number of hydrogen-bond acceptors (Lipinski definition) is 4. The first-order chi connectivity index (χ1) is 6.35. The molecule has 86 valence electrons. The van der Waals surface area contributed by atoms with Crippen LogP contribution in [0.4, 0.5) is 0 Å². The molecule has 0 aromatic carbocycles. The Balaban J connectivity index is 3.59. The van der Waals surface area contributed by atoms with Crippen molar-refractivity contribution >= 4 is 0 Å². The van der Waals surface area contributed by atoms with Crippen molar-refractivity contribution in [2.24, 2.45) is 0 Å². The highest BCUT2D eigenvalue weighted by molar-refractivity contribution is 4.64. The molecule has 2 N–H and O–H groups in total. The second kappa shape index (κ2) is 6.35. The molecule has 0 fully saturated rings. The maximum atomic E-state index is 9.56. The lowest BCUT2D eigenvalue weighted by molar-refractivity contribution is -0.0551. The Morgan fingerprint density at radius 3 is 2.36 bits per heavy atom. The van der Waals surface area contributed by atoms with Gasteiger partial charge in [-0.1, -0.05) is 0 Å². The molecule has 0 aromatic heterocycles. The van der Waals surface area contributed by atoms with E-state index >= 15 is 0 Å². The molecule has 0 radical (unpaired) electrons. The number of ether oxygens (including phenoxy) is 1. The molecular formula is C10H23NO3. The first kappa shape index (κ1) is 13.8. The van der Waals surface area contributed by atoms with Gasteiger partial charge in [-0.3, -0.25) is 0 Å². The van der Waals surface area contributed by atoms with Gasteiger partial charge in [0.2, 0.25) is 0 Å². The second-order valence-electron chi connectivity index (χ2n) is 4.56. The maximum absolute atomic E-state index is 9.56. The van der Waals surface area contributed by atoms with Crippen LogP contribution >= 0.6 is 0 Å². The third-order valence-electron chi connectivity index (χ3n) is 1.71. The zero-order valence-corrected chi connectivity index (χ0v) is 9.66. The average molecular weight is 205 g/mol. The van der Waals surface area contributed by atoms with Crippen LogP contribution in [-0.2, 0) is 4.74 Å². The van der Waals surface area contributed by atoms with Crippen LogP contribution in [0, 0.1) is 0 Å². The molecule has 0 aliphatic heterocycles. The Bertz CT molecular complexity index is 145. The molecule has 4 nitrogen and oxygen atoms in total. The van der Waals surface area contributed by atoms with Gasteiger partial charge < -0.3 is 19.8 Å². The van der Waals surface area contributed by atoms with Crippen molar-refractivity contribution in [1.29, 1.82) is 0 Å². The summed E-state index contributed by atoms with van der Waals surface area (Å²) >= 11 is 0. The van der Waals surface area contributed by atoms with E-state index in [2.05, 4.69) is 0 Å². The number of aliphatic hydroxyl groups is 2. The van der Waals surface area contributed by atoms with E-state index < -0.39 is 6.10 Å². The monoisotopic (exact) mass is 205 g/mol. The Morgan fingerprint density at radius 2 is 1.93 bits per heavy atom. The van der Waals surface area contributed by atoms with Crippen LogP contribution < -0.4 is 0 Å². The summed E-state index contributed by atoms with van der Waals surface area (Å²) in [6, 6.07) is 0. The van der Waals surface area contributed by atoms with Gasteiger partial charge >= 0.3 is 0 Å². The standard InChI is InChI=1S/C10H23NO3/c1-10(2,3)14-8-9(13)7-11(4)5-6-12/h9,12-13H,5-8H2,1-4H3. The topological polar surface area (TPSA) is 52.9 Å². The normalized spacial score (nSPS) is 14.8. The van der Waals surface area contributed by atoms with Crippen LogP contribution in [0.25, 0.3) is 0 Å². The highest BCUT2D eigenvalue weighted by Crippen LogP contribution is 2.07. The lowest BCUT2D eigenvalue weighted by atomic mass is 10.2. The van der Waals surface area contributed by atoms with Crippen LogP contribution in [0.1, 0.15) is 20.8 Å². The van der Waals surface area contributed by atoms with E-state index in [0.717, 1.165) is 0 Å². The van der Waals surface area contributed by atoms with E-state index in [9.17, 15) is 5.11 Å². The summed E-state index contributed by atoms with van der Waals surface area (Å²) in [5, 5.41) is 18.2. The minimum atomic E-state index is -0.495. The molecule has 0 saturated heterocycles. The number of rotatable bonds is 6. The smallest absolute Gasteiger partial charge is 0.0900 e. The van der Waals surface area contributed by atoms with Crippen molar-refractivity contribution in [3.63, 3.8) is 0 Å². The summed E-state index contributed by atoms with van der Waals surface area (Å²) in [4.78, 5) is 1.87. The van der Waals surface area contributed by atoms with Crippen LogP contribution in [0.3, 0.4) is 0 Å². The lowest BCUT2D eigenvalue weighted by Crippen LogP contribution is -2.36. The predicted molar refractivity (Wildman–Crippen MR) is 56.3 cm³/mol. The lowest BCUT2D eigenvalue weighted by Gasteiger charge is -2.24. The Labute approximate surface area is 86.5 Å². The summed E-state index contributed by atoms with van der Waals surface area (Å²) in [7, 11) is 1.86. The number of hydrogen-bond donors (Lipinski definition) is 2. The summed E-state index contributed by atoms with van der Waals surface area (Å²) in [6.45, 7) is 7.41. The zero-order valence-electron chi connectivity index (χ0n) is 9.66. The maximum Gasteiger partial charge on any atom is 0.0900 e. The molecule has 0 heterocycles. The zero-order chi connectivity index (χ0) is 11.2. The molecule has 0 spiro atoms. The molecular weight excluding hydrogens is 182 g/mol. The van der Waals surface area contributed by atoms with Gasteiger partial charge in [0, 0.05) is 13.1 Å². The van der Waals surface area contributed by atoms with Gasteiger partial charge in [0.15, 0.2) is 0 Å². The molecule has 4 heteroatoms. The van der Waals surface area contributed by atoms with Crippen molar-refractivity contribution in [1.82, 2.24) is 4.90 Å². The molecule has 1 unspecified atom stereocenters. The third-order valence-corrected chi connectivity index (χ3v) is 1.71. The summed E-state index contributed by atoms with van der Waals surface area (Å²) < 4.78 is 5.43. The van der Waals surface area contributed by atoms with Crippen LogP contribution in [-0.4, -0.2) is 60.2 Å². The number of likely N-dealkylation sites (N-methyl/N-ethyl adjacent to an activating group) is 1. The molecule has 0 aliphatic carbocycles. The molecule has 0 aromatic rings. The van der Waals surface area contributed by atoms with Gasteiger partial charge in [-0.2, -0.15) is 0 Å². The SMILES string of the molecule is CN(CCO)CC(O)COC(C)(C)C. The highest BCUT2D eigenvalue weighted by atomic mass is 16.5. The predicted octanol–water partition coefficient (Wildman–Crippen LogP) is 0.0865. The molecule has 0 rings (SSSR count). The molecule has 0 aliphatic rings. The minimum absolute atomic E-state index is 0.114. The average Bonchev–Trinajstić information content (AvgIpc) is 2.00. The van der Waals surface area contributed by atoms with Gasteiger partial charge in [-0.15, -0.1) is 0 Å². The molecule has 1 atom stereocenters. The van der Waals surface area contributed by atoms with Crippen LogP contribution in [0.15, 0.2) is 0 Å². The van der Waals surface area contributed by atoms with E-state index in [1.54, 1.807) is 0 Å². The molecule has 14 heavy (non-hydrogen) atoms. The minimum Gasteiger partial charge on any atom is -0.395 e. The summed E-state index contributed by atoms with van der Waals surface area (Å²) in [5.41, 5.74) is -0.212. The fourth-order valence-electron chi connectivity index (χ4n) is 1.02. The fourth-order valence-corrected chi connectivity index (χ4v) is 1.02. The van der Waals surface area contributed by atoms with Gasteiger partial charge in [-0.05, 0) is 27.8 Å². The van der Waals surface area contributed by atoms with E-state index in [-0.39, 0.29) is 12.2 Å². The second-order valence-corrected chi connectivity index (χ2v) is 4.56. The third kappa shape index (κ3) is 8.44. The summed E-state index contributed by atoms with van der Waals surface area (Å²) in [5.74, 6) is 0. The van der Waals surface area contributed by atoms with E-state index in [1.807, 2.05) is 32.7 Å². The van der Waals surface area contributed by atoms with Crippen molar-refractivity contribution in [3.05, 3.63) is 0 Å². The highest BCUT2D eigenvalue weighted by Gasteiger charge is 2.14. The first-order valence-electron chi connectivity index (χ1n) is 4.96. The van der Waals surface area contributed by atoms with Crippen molar-refractivity contribution in [2.75, 3.05) is 33.4 Å². The van der Waals surface area contributed by atoms with Crippen LogP contribution in [0.5, 0.6) is 0 Å². The van der Waals surface area contributed by atoms with Gasteiger partial charge in [0.1, 0.15) is 0 Å². The van der Waals surface area contributed by atoms with Crippen molar-refractivity contribution in [3.8, 4) is 0 Å². The Kier molecular flexibility index (Phi) is 6.27. The number of nitrogens with zero attached hydrogens (tertiary/aromatic N) is 1. The summed E-state index contributed by atoms with van der Waals surface area (Å²) in [6.07, 6.45) is -0.495. The fraction of sp³-hybridized carbons (Fsp3) is 1.00. The van der Waals surface area contributed by atoms with Crippen molar-refractivity contribution < 1.29 is 14.9 Å². The molecule has 0 bridgehead atoms. The molecule has 0 saturated carbocycles. The van der Waals surface area contributed by atoms with Crippen molar-refractivity contribution in [2.45, 2.75) is 32.5 Å². The molecule has 0 amide bonds. The first-order valence-corrected chi connectivity index (χ1v) is 4.96. The van der Waals surface area contributed by atoms with Crippen LogP contribution in [0.2, 0.25) is 0 Å². The van der Waals surface area contributed by atoms with E-state index in [4.69, 9.17) is 9.84 Å². The van der Waals surface area contributed by atoms with Gasteiger partial charge in [0.25, 0.3) is 0 Å². The van der Waals surface area contributed by atoms with Gasteiger partial charge in [-0.25, -0.2) is 0 Å². The largest absolute Gasteiger partial charge is 0.395 e. The quantitative estimate of drug-likeness (QED) is 0.645. The van der Waals surface area contributed by atoms with E-state index in [1.165, 1.54) is 0 Å². The Hall–Kier alpha value is -0.160. The van der Waals surface area contributed by atoms with Gasteiger partial charge in [0.05, 0.1) is 24.9 Å². The Morgan fingerprint density at radius 1 is 1.36 bits per heavy atom.